The predicted octanol–water partition coefficient (Wildman–Crippen LogP) is 8.90. The summed E-state index contributed by atoms with van der Waals surface area (Å²) in [4.78, 5) is 35.8. The van der Waals surface area contributed by atoms with E-state index in [1.165, 1.54) is 0 Å². The molecule has 0 saturated carbocycles. The van der Waals surface area contributed by atoms with Crippen LogP contribution in [-0.2, 0) is 16.5 Å². The zero-order valence-corrected chi connectivity index (χ0v) is 26.8. The SMILES string of the molecule is C1=Cc2nc1c(-c1cccnc1)c1ccc([nH]1)c(-c1cccnc1)c1nc(c(-c3cccnc3)c3ccc([nH]3)c2-c2cccnc2)C=C1.[Ni+2]. The molecular formula is C40H26N8Ni+2. The van der Waals surface area contributed by atoms with Crippen molar-refractivity contribution in [2.75, 3.05) is 0 Å². The smallest absolute Gasteiger partial charge is 0.354 e. The van der Waals surface area contributed by atoms with Crippen molar-refractivity contribution in [2.45, 2.75) is 0 Å². The predicted molar refractivity (Wildman–Crippen MR) is 192 cm³/mol. The van der Waals surface area contributed by atoms with Gasteiger partial charge in [-0.3, -0.25) is 19.9 Å². The number of nitrogens with zero attached hydrogens (tertiary/aromatic N) is 6. The van der Waals surface area contributed by atoms with E-state index in [2.05, 4.69) is 103 Å². The maximum atomic E-state index is 5.27. The minimum Gasteiger partial charge on any atom is -0.354 e. The van der Waals surface area contributed by atoms with Crippen molar-refractivity contribution in [1.29, 1.82) is 0 Å². The molecule has 2 aliphatic rings. The quantitative estimate of drug-likeness (QED) is 0.180. The summed E-state index contributed by atoms with van der Waals surface area (Å²) in [6.07, 6.45) is 22.9. The van der Waals surface area contributed by atoms with Crippen molar-refractivity contribution >= 4 is 46.4 Å². The molecular weight excluding hydrogens is 651 g/mol. The van der Waals surface area contributed by atoms with E-state index >= 15 is 0 Å². The van der Waals surface area contributed by atoms with E-state index in [1.807, 2.05) is 49.1 Å². The number of nitrogens with one attached hydrogen (secondary N) is 2. The molecule has 234 valence electrons. The topological polar surface area (TPSA) is 109 Å². The normalized spacial score (nSPS) is 11.8. The number of rotatable bonds is 4. The monoisotopic (exact) mass is 676 g/mol. The van der Waals surface area contributed by atoms with Crippen LogP contribution in [0, 0.1) is 0 Å². The molecule has 7 aromatic heterocycles. The maximum absolute atomic E-state index is 5.27. The molecule has 8 bridgehead atoms. The molecule has 0 aromatic carbocycles. The average Bonchev–Trinajstić information content (AvgIpc) is 3.98. The van der Waals surface area contributed by atoms with Crippen LogP contribution in [0.5, 0.6) is 0 Å². The molecule has 0 spiro atoms. The fourth-order valence-corrected chi connectivity index (χ4v) is 6.46. The van der Waals surface area contributed by atoms with Crippen LogP contribution in [0.1, 0.15) is 22.8 Å². The van der Waals surface area contributed by atoms with E-state index in [0.29, 0.717) is 0 Å². The van der Waals surface area contributed by atoms with Gasteiger partial charge in [-0.1, -0.05) is 24.3 Å². The Bertz CT molecular complexity index is 2190. The third kappa shape index (κ3) is 5.46. The van der Waals surface area contributed by atoms with Gasteiger partial charge in [-0.25, -0.2) is 9.97 Å². The van der Waals surface area contributed by atoms with E-state index in [4.69, 9.17) is 9.97 Å². The molecule has 2 aliphatic heterocycles. The summed E-state index contributed by atoms with van der Waals surface area (Å²) in [5, 5.41) is 0. The van der Waals surface area contributed by atoms with Gasteiger partial charge >= 0.3 is 16.5 Å². The number of fused-ring (bicyclic) bond motifs is 8. The second-order valence-corrected chi connectivity index (χ2v) is 11.5. The Morgan fingerprint density at radius 2 is 0.612 bits per heavy atom. The van der Waals surface area contributed by atoms with Crippen molar-refractivity contribution in [3.05, 3.63) is 145 Å². The summed E-state index contributed by atoms with van der Waals surface area (Å²) >= 11 is 0. The minimum atomic E-state index is 0. The molecule has 0 unspecified atom stereocenters. The number of hydrogen-bond acceptors (Lipinski definition) is 6. The molecule has 0 aliphatic carbocycles. The summed E-state index contributed by atoms with van der Waals surface area (Å²) in [5.41, 5.74) is 14.5. The number of pyridine rings is 4. The summed E-state index contributed by atoms with van der Waals surface area (Å²) in [7, 11) is 0. The molecule has 0 radical (unpaired) electrons. The zero-order chi connectivity index (χ0) is 31.9. The van der Waals surface area contributed by atoms with Crippen LogP contribution in [0.3, 0.4) is 0 Å². The first-order chi connectivity index (χ1) is 23.8. The van der Waals surface area contributed by atoms with Gasteiger partial charge in [-0.15, -0.1) is 0 Å². The van der Waals surface area contributed by atoms with E-state index in [1.54, 1.807) is 24.8 Å². The first-order valence-corrected chi connectivity index (χ1v) is 15.6. The van der Waals surface area contributed by atoms with Crippen LogP contribution in [-0.4, -0.2) is 39.9 Å². The summed E-state index contributed by atoms with van der Waals surface area (Å²) in [6.45, 7) is 0. The number of aromatic nitrogens is 8. The number of aromatic amines is 2. The summed E-state index contributed by atoms with van der Waals surface area (Å²) in [6, 6.07) is 24.4. The molecule has 9 rings (SSSR count). The maximum Gasteiger partial charge on any atom is 2.00 e. The molecule has 9 heteroatoms. The first kappa shape index (κ1) is 30.1. The van der Waals surface area contributed by atoms with Gasteiger partial charge in [0.2, 0.25) is 0 Å². The fourth-order valence-electron chi connectivity index (χ4n) is 6.46. The van der Waals surface area contributed by atoms with Crippen LogP contribution >= 0.6 is 0 Å². The van der Waals surface area contributed by atoms with E-state index in [-0.39, 0.29) is 16.5 Å². The van der Waals surface area contributed by atoms with Crippen molar-refractivity contribution in [1.82, 2.24) is 39.9 Å². The van der Waals surface area contributed by atoms with Crippen molar-refractivity contribution in [2.24, 2.45) is 0 Å². The van der Waals surface area contributed by atoms with Gasteiger partial charge < -0.3 is 9.97 Å². The second kappa shape index (κ2) is 12.7. The molecule has 49 heavy (non-hydrogen) atoms. The second-order valence-electron chi connectivity index (χ2n) is 11.5. The Morgan fingerprint density at radius 3 is 0.837 bits per heavy atom. The third-order valence-electron chi connectivity index (χ3n) is 8.55. The molecule has 7 aromatic rings. The minimum absolute atomic E-state index is 0. The van der Waals surface area contributed by atoms with Gasteiger partial charge in [-0.2, -0.15) is 0 Å². The number of hydrogen-bond donors (Lipinski definition) is 2. The van der Waals surface area contributed by atoms with Gasteiger partial charge in [-0.05, 0) is 72.8 Å². The molecule has 0 fully saturated rings. The molecule has 8 nitrogen and oxygen atoms in total. The first-order valence-electron chi connectivity index (χ1n) is 15.6. The van der Waals surface area contributed by atoms with Gasteiger partial charge in [0.05, 0.1) is 22.8 Å². The molecule has 9 heterocycles. The van der Waals surface area contributed by atoms with E-state index in [0.717, 1.165) is 89.4 Å². The van der Waals surface area contributed by atoms with Crippen LogP contribution in [0.4, 0.5) is 0 Å². The Kier molecular flexibility index (Phi) is 7.80. The molecule has 0 amide bonds. The van der Waals surface area contributed by atoms with E-state index < -0.39 is 0 Å². The van der Waals surface area contributed by atoms with Crippen LogP contribution < -0.4 is 0 Å². The summed E-state index contributed by atoms with van der Waals surface area (Å²) < 4.78 is 0. The zero-order valence-electron chi connectivity index (χ0n) is 25.9. The van der Waals surface area contributed by atoms with Crippen LogP contribution in [0.25, 0.3) is 90.9 Å². The summed E-state index contributed by atoms with van der Waals surface area (Å²) in [5.74, 6) is 0. The fraction of sp³-hybridized carbons (Fsp3) is 0. The van der Waals surface area contributed by atoms with Crippen molar-refractivity contribution in [3.8, 4) is 44.5 Å². The largest absolute Gasteiger partial charge is 2.00 e. The van der Waals surface area contributed by atoms with Crippen LogP contribution in [0.2, 0.25) is 0 Å². The van der Waals surface area contributed by atoms with Gasteiger partial charge in [0.25, 0.3) is 0 Å². The van der Waals surface area contributed by atoms with Crippen molar-refractivity contribution in [3.63, 3.8) is 0 Å². The Balaban J connectivity index is 0.00000348. The van der Waals surface area contributed by atoms with Gasteiger partial charge in [0, 0.05) is 116 Å². The number of H-pyrrole nitrogens is 2. The van der Waals surface area contributed by atoms with Gasteiger partial charge in [0.1, 0.15) is 0 Å². The van der Waals surface area contributed by atoms with Crippen molar-refractivity contribution < 1.29 is 16.5 Å². The Labute approximate surface area is 291 Å². The Morgan fingerprint density at radius 1 is 0.347 bits per heavy atom. The Hall–Kier alpha value is -6.31. The molecule has 0 saturated heterocycles. The van der Waals surface area contributed by atoms with Gasteiger partial charge in [0.15, 0.2) is 0 Å². The molecule has 0 atom stereocenters. The average molecular weight is 677 g/mol. The van der Waals surface area contributed by atoms with Crippen LogP contribution in [0.15, 0.2) is 122 Å². The standard InChI is InChI=1S/C40H26N8.Ni/c1-5-25(21-41-17-1)37-29-9-11-31(45-29)38(26-6-2-18-42-22-26)33-13-15-35(47-33)40(28-8-4-20-44-24-28)36-16-14-34(48-36)39(27-7-3-19-43-23-27)32-12-10-30(37)46-32;/h1-24,45,48H;/q;+2. The third-order valence-corrected chi connectivity index (χ3v) is 8.55. The van der Waals surface area contributed by atoms with E-state index in [9.17, 15) is 0 Å². The molecule has 2 N–H and O–H groups in total.